The highest BCUT2D eigenvalue weighted by Crippen LogP contribution is 2.34. The van der Waals surface area contributed by atoms with Crippen molar-refractivity contribution in [1.82, 2.24) is 10.2 Å². The molecule has 0 spiro atoms. The Bertz CT molecular complexity index is 549. The Kier molecular flexibility index (Phi) is 6.54. The molecule has 1 aromatic carbocycles. The lowest BCUT2D eigenvalue weighted by atomic mass is 9.81. The van der Waals surface area contributed by atoms with Crippen molar-refractivity contribution in [3.05, 3.63) is 24.3 Å². The monoisotopic (exact) mass is 361 g/mol. The third-order valence-corrected chi connectivity index (χ3v) is 5.59. The van der Waals surface area contributed by atoms with Crippen LogP contribution in [-0.4, -0.2) is 41.3 Å². The predicted molar refractivity (Wildman–Crippen MR) is 108 cm³/mol. The van der Waals surface area contributed by atoms with Crippen LogP contribution in [0.1, 0.15) is 52.4 Å². The first-order valence-electron chi connectivity index (χ1n) is 9.75. The summed E-state index contributed by atoms with van der Waals surface area (Å²) < 4.78 is 5.48. The fraction of sp³-hybridized carbons (Fsp3) is 0.650. The highest BCUT2D eigenvalue weighted by atomic mass is 32.1. The van der Waals surface area contributed by atoms with Gasteiger partial charge < -0.3 is 15.4 Å². The quantitative estimate of drug-likeness (QED) is 0.744. The van der Waals surface area contributed by atoms with Gasteiger partial charge >= 0.3 is 0 Å². The summed E-state index contributed by atoms with van der Waals surface area (Å²) in [6.45, 7) is 6.21. The zero-order valence-electron chi connectivity index (χ0n) is 15.5. The van der Waals surface area contributed by atoms with Crippen molar-refractivity contribution >= 4 is 23.0 Å². The molecule has 1 aromatic rings. The van der Waals surface area contributed by atoms with E-state index in [1.807, 2.05) is 31.2 Å². The molecule has 5 heteroatoms. The number of benzene rings is 1. The van der Waals surface area contributed by atoms with Crippen LogP contribution in [0.25, 0.3) is 0 Å². The number of rotatable bonds is 6. The Balaban J connectivity index is 1.51. The van der Waals surface area contributed by atoms with Crippen LogP contribution in [0.4, 0.5) is 5.69 Å². The van der Waals surface area contributed by atoms with Gasteiger partial charge in [0.1, 0.15) is 5.75 Å². The molecular formula is C20H31N3OS. The van der Waals surface area contributed by atoms with Crippen molar-refractivity contribution in [2.75, 3.05) is 18.5 Å². The molecule has 0 saturated carbocycles. The van der Waals surface area contributed by atoms with Gasteiger partial charge in [-0.05, 0) is 82.1 Å². The standard InChI is InChI=1S/C20H31N3OS/c1-3-12-23-17-6-5-7-18(23)14-16(13-17)22-20(25)21-15-8-10-19(11-9-15)24-4-2/h8-11,16-18H,3-7,12-14H2,1-2H3,(H2,21,22,25)/t17-,18-/m1/s1. The van der Waals surface area contributed by atoms with Gasteiger partial charge in [0.25, 0.3) is 0 Å². The average Bonchev–Trinajstić information content (AvgIpc) is 2.58. The molecule has 2 heterocycles. The van der Waals surface area contributed by atoms with Crippen molar-refractivity contribution < 1.29 is 4.74 Å². The van der Waals surface area contributed by atoms with Crippen LogP contribution in [0.3, 0.4) is 0 Å². The van der Waals surface area contributed by atoms with E-state index in [1.54, 1.807) is 0 Å². The topological polar surface area (TPSA) is 36.5 Å². The lowest BCUT2D eigenvalue weighted by Gasteiger charge is -2.49. The van der Waals surface area contributed by atoms with Gasteiger partial charge in [0.2, 0.25) is 0 Å². The minimum atomic E-state index is 0.492. The van der Waals surface area contributed by atoms with E-state index in [-0.39, 0.29) is 0 Å². The Morgan fingerprint density at radius 3 is 2.44 bits per heavy atom. The largest absolute Gasteiger partial charge is 0.494 e. The van der Waals surface area contributed by atoms with Crippen LogP contribution in [0.5, 0.6) is 5.75 Å². The molecule has 4 nitrogen and oxygen atoms in total. The first kappa shape index (κ1) is 18.5. The molecule has 2 N–H and O–H groups in total. The van der Waals surface area contributed by atoms with E-state index in [9.17, 15) is 0 Å². The molecule has 2 saturated heterocycles. The van der Waals surface area contributed by atoms with E-state index in [1.165, 1.54) is 45.1 Å². The van der Waals surface area contributed by atoms with E-state index < -0.39 is 0 Å². The van der Waals surface area contributed by atoms with Crippen LogP contribution in [0.2, 0.25) is 0 Å². The summed E-state index contributed by atoms with van der Waals surface area (Å²) in [7, 11) is 0. The maximum atomic E-state index is 5.55. The molecule has 138 valence electrons. The number of ether oxygens (including phenoxy) is 1. The maximum Gasteiger partial charge on any atom is 0.170 e. The van der Waals surface area contributed by atoms with Crippen LogP contribution in [0.15, 0.2) is 24.3 Å². The van der Waals surface area contributed by atoms with Crippen LogP contribution in [0, 0.1) is 0 Å². The predicted octanol–water partition coefficient (Wildman–Crippen LogP) is 4.17. The number of nitrogens with one attached hydrogen (secondary N) is 2. The van der Waals surface area contributed by atoms with Crippen molar-refractivity contribution in [2.45, 2.75) is 70.5 Å². The Morgan fingerprint density at radius 1 is 1.16 bits per heavy atom. The summed E-state index contributed by atoms with van der Waals surface area (Å²) in [5.41, 5.74) is 1.00. The number of thiocarbonyl (C=S) groups is 1. The van der Waals surface area contributed by atoms with Gasteiger partial charge in [-0.25, -0.2) is 0 Å². The molecule has 0 amide bonds. The number of nitrogens with zero attached hydrogens (tertiary/aromatic N) is 1. The molecule has 2 aliphatic rings. The Labute approximate surface area is 157 Å². The summed E-state index contributed by atoms with van der Waals surface area (Å²) in [5.74, 6) is 0.892. The molecule has 2 fully saturated rings. The van der Waals surface area contributed by atoms with E-state index in [0.29, 0.717) is 12.6 Å². The molecule has 0 aliphatic carbocycles. The van der Waals surface area contributed by atoms with Crippen LogP contribution >= 0.6 is 12.2 Å². The first-order chi connectivity index (χ1) is 12.2. The van der Waals surface area contributed by atoms with Gasteiger partial charge in [-0.15, -0.1) is 0 Å². The number of hydrogen-bond donors (Lipinski definition) is 2. The minimum absolute atomic E-state index is 0.492. The van der Waals surface area contributed by atoms with Gasteiger partial charge in [0.05, 0.1) is 6.61 Å². The van der Waals surface area contributed by atoms with Crippen molar-refractivity contribution in [2.24, 2.45) is 0 Å². The lowest BCUT2D eigenvalue weighted by Crippen LogP contribution is -2.57. The van der Waals surface area contributed by atoms with E-state index in [4.69, 9.17) is 17.0 Å². The second kappa shape index (κ2) is 8.86. The van der Waals surface area contributed by atoms with Gasteiger partial charge in [-0.2, -0.15) is 0 Å². The highest BCUT2D eigenvalue weighted by molar-refractivity contribution is 7.80. The summed E-state index contributed by atoms with van der Waals surface area (Å²) in [6.07, 6.45) is 7.74. The van der Waals surface area contributed by atoms with Crippen molar-refractivity contribution in [3.8, 4) is 5.75 Å². The second-order valence-electron chi connectivity index (χ2n) is 7.20. The molecule has 3 rings (SSSR count). The van der Waals surface area contributed by atoms with Gasteiger partial charge in [0.15, 0.2) is 5.11 Å². The zero-order chi connectivity index (χ0) is 17.6. The maximum absolute atomic E-state index is 5.55. The summed E-state index contributed by atoms with van der Waals surface area (Å²) in [6, 6.07) is 9.93. The van der Waals surface area contributed by atoms with Crippen molar-refractivity contribution in [3.63, 3.8) is 0 Å². The van der Waals surface area contributed by atoms with Gasteiger partial charge in [-0.3, -0.25) is 4.90 Å². The molecule has 2 bridgehead atoms. The molecule has 0 unspecified atom stereocenters. The van der Waals surface area contributed by atoms with Gasteiger partial charge in [0, 0.05) is 23.8 Å². The van der Waals surface area contributed by atoms with Gasteiger partial charge in [-0.1, -0.05) is 13.3 Å². The SMILES string of the molecule is CCCN1[C@@H]2CCC[C@@H]1CC(NC(=S)Nc1ccc(OCC)cc1)C2. The normalized spacial score (nSPS) is 26.1. The fourth-order valence-corrected chi connectivity index (χ4v) is 4.66. The third kappa shape index (κ3) is 4.85. The van der Waals surface area contributed by atoms with Crippen molar-refractivity contribution in [1.29, 1.82) is 0 Å². The smallest absolute Gasteiger partial charge is 0.170 e. The zero-order valence-corrected chi connectivity index (χ0v) is 16.3. The van der Waals surface area contributed by atoms with Crippen LogP contribution in [-0.2, 0) is 0 Å². The first-order valence-corrected chi connectivity index (χ1v) is 10.2. The number of hydrogen-bond acceptors (Lipinski definition) is 3. The number of piperidine rings is 2. The Morgan fingerprint density at radius 2 is 1.84 bits per heavy atom. The highest BCUT2D eigenvalue weighted by Gasteiger charge is 2.37. The molecule has 25 heavy (non-hydrogen) atoms. The summed E-state index contributed by atoms with van der Waals surface area (Å²) >= 11 is 5.55. The van der Waals surface area contributed by atoms with E-state index in [2.05, 4.69) is 22.5 Å². The number of fused-ring (bicyclic) bond motifs is 2. The molecular weight excluding hydrogens is 330 g/mol. The number of anilines is 1. The Hall–Kier alpha value is -1.33. The minimum Gasteiger partial charge on any atom is -0.494 e. The summed E-state index contributed by atoms with van der Waals surface area (Å²) in [4.78, 5) is 2.75. The average molecular weight is 362 g/mol. The third-order valence-electron chi connectivity index (χ3n) is 5.37. The summed E-state index contributed by atoms with van der Waals surface area (Å²) in [5, 5.41) is 7.61. The van der Waals surface area contributed by atoms with E-state index in [0.717, 1.165) is 28.6 Å². The van der Waals surface area contributed by atoms with E-state index >= 15 is 0 Å². The van der Waals surface area contributed by atoms with Crippen LogP contribution < -0.4 is 15.4 Å². The lowest BCUT2D eigenvalue weighted by molar-refractivity contribution is 0.0284. The fourth-order valence-electron chi connectivity index (χ4n) is 4.37. The molecule has 0 aromatic heterocycles. The second-order valence-corrected chi connectivity index (χ2v) is 7.61. The molecule has 2 atom stereocenters. The molecule has 0 radical (unpaired) electrons. The molecule has 2 aliphatic heterocycles.